The molecule has 122 valence electrons. The third-order valence-corrected chi connectivity index (χ3v) is 5.73. The summed E-state index contributed by atoms with van der Waals surface area (Å²) in [5.41, 5.74) is 2.12. The number of benzene rings is 1. The van der Waals surface area contributed by atoms with Crippen LogP contribution in [0.25, 0.3) is 0 Å². The monoisotopic (exact) mass is 350 g/mol. The molecule has 0 spiro atoms. The molecule has 5 nitrogen and oxygen atoms in total. The Labute approximate surface area is 139 Å². The van der Waals surface area contributed by atoms with Gasteiger partial charge in [0, 0.05) is 6.54 Å². The summed E-state index contributed by atoms with van der Waals surface area (Å²) < 4.78 is 22.4. The van der Waals surface area contributed by atoms with Gasteiger partial charge in [0.25, 0.3) is 5.91 Å². The number of thiophene rings is 1. The van der Waals surface area contributed by atoms with Crippen molar-refractivity contribution in [1.82, 2.24) is 5.32 Å². The summed E-state index contributed by atoms with van der Waals surface area (Å²) in [6.07, 6.45) is 2.99. The molecular weight excluding hydrogens is 332 g/mol. The minimum atomic E-state index is -3.66. The molecule has 1 amide bonds. The van der Waals surface area contributed by atoms with Crippen LogP contribution in [0.1, 0.15) is 39.6 Å². The molecule has 1 aromatic heterocycles. The molecule has 7 heteroatoms. The average molecular weight is 350 g/mol. The number of primary sulfonamides is 1. The van der Waals surface area contributed by atoms with Gasteiger partial charge in [-0.05, 0) is 59.9 Å². The van der Waals surface area contributed by atoms with Crippen molar-refractivity contribution in [2.45, 2.75) is 30.1 Å². The van der Waals surface area contributed by atoms with Crippen LogP contribution in [0, 0.1) is 0 Å². The molecule has 2 aromatic rings. The van der Waals surface area contributed by atoms with E-state index in [9.17, 15) is 13.2 Å². The van der Waals surface area contributed by atoms with Gasteiger partial charge in [-0.15, -0.1) is 11.3 Å². The lowest BCUT2D eigenvalue weighted by Crippen LogP contribution is -2.25. The largest absolute Gasteiger partial charge is 0.351 e. The Morgan fingerprint density at radius 3 is 2.52 bits per heavy atom. The number of sulfonamides is 1. The Bertz CT molecular complexity index is 806. The van der Waals surface area contributed by atoms with E-state index in [0.29, 0.717) is 18.9 Å². The van der Waals surface area contributed by atoms with Crippen LogP contribution in [0.2, 0.25) is 0 Å². The van der Waals surface area contributed by atoms with Crippen molar-refractivity contribution in [1.29, 1.82) is 0 Å². The Balaban J connectivity index is 1.55. The summed E-state index contributed by atoms with van der Waals surface area (Å²) in [6, 6.07) is 8.44. The van der Waals surface area contributed by atoms with E-state index in [1.165, 1.54) is 41.9 Å². The van der Waals surface area contributed by atoms with E-state index in [0.717, 1.165) is 10.4 Å². The van der Waals surface area contributed by atoms with Crippen molar-refractivity contribution < 1.29 is 13.2 Å². The maximum Gasteiger partial charge on any atom is 0.261 e. The van der Waals surface area contributed by atoms with Gasteiger partial charge in [0.05, 0.1) is 9.77 Å². The summed E-state index contributed by atoms with van der Waals surface area (Å²) in [5.74, 6) is 0.538. The molecule has 0 radical (unpaired) electrons. The first-order valence-electron chi connectivity index (χ1n) is 7.42. The summed E-state index contributed by atoms with van der Waals surface area (Å²) >= 11 is 1.48. The summed E-state index contributed by atoms with van der Waals surface area (Å²) in [6.45, 7) is 0.509. The van der Waals surface area contributed by atoms with E-state index in [1.807, 2.05) is 11.4 Å². The molecule has 1 aliphatic carbocycles. The maximum atomic E-state index is 12.2. The van der Waals surface area contributed by atoms with Crippen molar-refractivity contribution in [3.05, 3.63) is 51.7 Å². The Kier molecular flexibility index (Phi) is 4.52. The molecule has 0 bridgehead atoms. The number of nitrogens with one attached hydrogen (secondary N) is 1. The summed E-state index contributed by atoms with van der Waals surface area (Å²) in [4.78, 5) is 13.2. The molecule has 0 unspecified atom stereocenters. The van der Waals surface area contributed by atoms with Gasteiger partial charge in [0.2, 0.25) is 10.0 Å². The summed E-state index contributed by atoms with van der Waals surface area (Å²) in [5, 5.41) is 9.96. The highest BCUT2D eigenvalue weighted by atomic mass is 32.2. The smallest absolute Gasteiger partial charge is 0.261 e. The van der Waals surface area contributed by atoms with E-state index in [1.54, 1.807) is 12.1 Å². The first-order valence-corrected chi connectivity index (χ1v) is 9.85. The van der Waals surface area contributed by atoms with Crippen LogP contribution in [0.3, 0.4) is 0 Å². The first kappa shape index (κ1) is 16.2. The number of carbonyl (C=O) groups excluding carboxylic acids is 1. The molecule has 3 rings (SSSR count). The second-order valence-corrected chi connectivity index (χ2v) is 8.15. The quantitative estimate of drug-likeness (QED) is 0.837. The molecule has 1 aliphatic rings. The van der Waals surface area contributed by atoms with Gasteiger partial charge in [0.1, 0.15) is 0 Å². The second-order valence-electron chi connectivity index (χ2n) is 5.67. The fourth-order valence-electron chi connectivity index (χ4n) is 2.47. The molecule has 0 atom stereocenters. The number of hydrogen-bond donors (Lipinski definition) is 2. The van der Waals surface area contributed by atoms with E-state index in [4.69, 9.17) is 5.14 Å². The maximum absolute atomic E-state index is 12.2. The predicted octanol–water partition coefficient (Wildman–Crippen LogP) is 2.25. The Morgan fingerprint density at radius 1 is 1.22 bits per heavy atom. The van der Waals surface area contributed by atoms with Crippen LogP contribution in [-0.4, -0.2) is 20.9 Å². The predicted molar refractivity (Wildman–Crippen MR) is 90.1 cm³/mol. The fourth-order valence-corrected chi connectivity index (χ4v) is 3.88. The highest BCUT2D eigenvalue weighted by molar-refractivity contribution is 7.89. The third-order valence-electron chi connectivity index (χ3n) is 3.87. The number of rotatable bonds is 6. The molecule has 0 aliphatic heterocycles. The molecule has 3 N–H and O–H groups in total. The zero-order valence-electron chi connectivity index (χ0n) is 12.5. The molecule has 1 saturated carbocycles. The van der Waals surface area contributed by atoms with Crippen LogP contribution < -0.4 is 10.5 Å². The van der Waals surface area contributed by atoms with Crippen molar-refractivity contribution in [2.75, 3.05) is 6.54 Å². The fraction of sp³-hybridized carbons (Fsp3) is 0.312. The summed E-state index contributed by atoms with van der Waals surface area (Å²) in [7, 11) is -3.66. The van der Waals surface area contributed by atoms with Gasteiger partial charge in [-0.2, -0.15) is 0 Å². The van der Waals surface area contributed by atoms with Gasteiger partial charge in [-0.25, -0.2) is 13.6 Å². The van der Waals surface area contributed by atoms with Gasteiger partial charge in [-0.1, -0.05) is 12.1 Å². The van der Waals surface area contributed by atoms with Crippen LogP contribution in [0.15, 0.2) is 40.6 Å². The topological polar surface area (TPSA) is 89.3 Å². The highest BCUT2D eigenvalue weighted by Gasteiger charge is 2.28. The van der Waals surface area contributed by atoms with Gasteiger partial charge < -0.3 is 5.32 Å². The second kappa shape index (κ2) is 6.43. The third kappa shape index (κ3) is 3.99. The van der Waals surface area contributed by atoms with Crippen molar-refractivity contribution in [2.24, 2.45) is 5.14 Å². The normalized spacial score (nSPS) is 14.7. The van der Waals surface area contributed by atoms with Crippen molar-refractivity contribution in [3.8, 4) is 0 Å². The number of hydrogen-bond acceptors (Lipinski definition) is 4. The minimum Gasteiger partial charge on any atom is -0.351 e. The van der Waals surface area contributed by atoms with Crippen molar-refractivity contribution in [3.63, 3.8) is 0 Å². The molecule has 1 fully saturated rings. The number of carbonyl (C=O) groups is 1. The van der Waals surface area contributed by atoms with Crippen molar-refractivity contribution >= 4 is 27.3 Å². The lowest BCUT2D eigenvalue weighted by molar-refractivity contribution is 0.0957. The van der Waals surface area contributed by atoms with Gasteiger partial charge in [-0.3, -0.25) is 4.79 Å². The lowest BCUT2D eigenvalue weighted by atomic mass is 10.1. The Hall–Kier alpha value is -1.70. The molecule has 1 aromatic carbocycles. The molecule has 23 heavy (non-hydrogen) atoms. The zero-order valence-corrected chi connectivity index (χ0v) is 14.1. The SMILES string of the molecule is NS(=O)(=O)c1ccc(CCNC(=O)c2sccc2C2CC2)cc1. The number of amides is 1. The van der Waals surface area contributed by atoms with Gasteiger partial charge >= 0.3 is 0 Å². The van der Waals surface area contributed by atoms with E-state index < -0.39 is 10.0 Å². The van der Waals surface area contributed by atoms with Crippen LogP contribution in [-0.2, 0) is 16.4 Å². The van der Waals surface area contributed by atoms with Crippen LogP contribution in [0.5, 0.6) is 0 Å². The zero-order chi connectivity index (χ0) is 16.4. The Morgan fingerprint density at radius 2 is 1.91 bits per heavy atom. The van der Waals surface area contributed by atoms with E-state index >= 15 is 0 Å². The number of nitrogens with two attached hydrogens (primary N) is 1. The average Bonchev–Trinajstić information content (AvgIpc) is 3.23. The highest BCUT2D eigenvalue weighted by Crippen LogP contribution is 2.43. The van der Waals surface area contributed by atoms with E-state index in [-0.39, 0.29) is 10.8 Å². The molecular formula is C16H18N2O3S2. The first-order chi connectivity index (χ1) is 10.9. The molecule has 1 heterocycles. The van der Waals surface area contributed by atoms with Gasteiger partial charge in [0.15, 0.2) is 0 Å². The minimum absolute atomic E-state index is 0.0249. The van der Waals surface area contributed by atoms with Crippen LogP contribution >= 0.6 is 11.3 Å². The lowest BCUT2D eigenvalue weighted by Gasteiger charge is -2.06. The van der Waals surface area contributed by atoms with E-state index in [2.05, 4.69) is 5.32 Å². The van der Waals surface area contributed by atoms with Crippen LogP contribution in [0.4, 0.5) is 0 Å². The standard InChI is InChI=1S/C16H18N2O3S2/c17-23(20,21)13-5-1-11(2-6-13)7-9-18-16(19)15-14(8-10-22-15)12-3-4-12/h1-2,5-6,8,10,12H,3-4,7,9H2,(H,18,19)(H2,17,20,21). The molecule has 0 saturated heterocycles.